The second-order valence-corrected chi connectivity index (χ2v) is 6.07. The van der Waals surface area contributed by atoms with Gasteiger partial charge in [-0.2, -0.15) is 4.98 Å². The van der Waals surface area contributed by atoms with Crippen molar-refractivity contribution in [2.24, 2.45) is 0 Å². The van der Waals surface area contributed by atoms with Crippen LogP contribution in [0, 0.1) is 13.8 Å². The minimum absolute atomic E-state index is 0.0805. The van der Waals surface area contributed by atoms with Crippen molar-refractivity contribution in [1.82, 2.24) is 24.9 Å². The molecule has 0 spiro atoms. The Balaban J connectivity index is 1.62. The normalized spacial score (nSPS) is 12.3. The van der Waals surface area contributed by atoms with Crippen LogP contribution in [0.3, 0.4) is 0 Å². The highest BCUT2D eigenvalue weighted by Gasteiger charge is 2.13. The van der Waals surface area contributed by atoms with Crippen molar-refractivity contribution in [2.75, 3.05) is 6.54 Å². The third-order valence-electron chi connectivity index (χ3n) is 3.95. The van der Waals surface area contributed by atoms with E-state index in [1.165, 1.54) is 5.56 Å². The topological polar surface area (TPSA) is 72.2 Å². The Bertz CT molecular complexity index is 856. The number of rotatable bonds is 5. The molecule has 0 radical (unpaired) electrons. The number of aryl methyl sites for hydroxylation is 2. The zero-order valence-corrected chi connectivity index (χ0v) is 14.2. The number of fused-ring (bicyclic) bond motifs is 1. The fourth-order valence-electron chi connectivity index (χ4n) is 2.66. The van der Waals surface area contributed by atoms with Crippen molar-refractivity contribution in [3.63, 3.8) is 0 Å². The third kappa shape index (κ3) is 3.59. The molecule has 0 unspecified atom stereocenters. The first-order valence-electron chi connectivity index (χ1n) is 8.04. The van der Waals surface area contributed by atoms with Gasteiger partial charge in [0.15, 0.2) is 5.82 Å². The van der Waals surface area contributed by atoms with E-state index in [1.54, 1.807) is 4.52 Å². The standard InChI is InChI=1S/C18H21N5O/c1-12(15-7-5-4-6-8-15)11-19-17(24)10-16-21-18-20-13(2)9-14(3)23(18)22-16/h4-9,12H,10-11H2,1-3H3,(H,19,24)/t12-/m1/s1. The summed E-state index contributed by atoms with van der Waals surface area (Å²) in [7, 11) is 0. The first-order chi connectivity index (χ1) is 11.5. The molecular formula is C18H21N5O. The molecule has 6 heteroatoms. The minimum atomic E-state index is -0.0805. The highest BCUT2D eigenvalue weighted by molar-refractivity contribution is 5.77. The fraction of sp³-hybridized carbons (Fsp3) is 0.333. The predicted molar refractivity (Wildman–Crippen MR) is 91.8 cm³/mol. The molecule has 3 rings (SSSR count). The van der Waals surface area contributed by atoms with Gasteiger partial charge in [-0.05, 0) is 31.4 Å². The SMILES string of the molecule is Cc1cc(C)n2nc(CC(=O)NC[C@@H](C)c3ccccc3)nc2n1. The van der Waals surface area contributed by atoms with Crippen LogP contribution >= 0.6 is 0 Å². The third-order valence-corrected chi connectivity index (χ3v) is 3.95. The molecule has 0 saturated carbocycles. The average Bonchev–Trinajstić information content (AvgIpc) is 2.96. The van der Waals surface area contributed by atoms with Crippen LogP contribution in [-0.2, 0) is 11.2 Å². The number of hydrogen-bond acceptors (Lipinski definition) is 4. The zero-order valence-electron chi connectivity index (χ0n) is 14.2. The maximum absolute atomic E-state index is 12.2. The summed E-state index contributed by atoms with van der Waals surface area (Å²) < 4.78 is 1.67. The molecule has 6 nitrogen and oxygen atoms in total. The lowest BCUT2D eigenvalue weighted by Gasteiger charge is -2.12. The van der Waals surface area contributed by atoms with E-state index in [9.17, 15) is 4.79 Å². The van der Waals surface area contributed by atoms with Gasteiger partial charge in [0.05, 0.1) is 6.42 Å². The van der Waals surface area contributed by atoms with Crippen LogP contribution in [0.1, 0.15) is 35.6 Å². The lowest BCUT2D eigenvalue weighted by atomic mass is 10.0. The van der Waals surface area contributed by atoms with Gasteiger partial charge in [-0.3, -0.25) is 4.79 Å². The molecule has 0 aliphatic rings. The molecule has 0 aliphatic carbocycles. The second-order valence-electron chi connectivity index (χ2n) is 6.07. The van der Waals surface area contributed by atoms with Gasteiger partial charge in [-0.25, -0.2) is 9.50 Å². The van der Waals surface area contributed by atoms with Crippen molar-refractivity contribution >= 4 is 11.7 Å². The van der Waals surface area contributed by atoms with Crippen molar-refractivity contribution in [1.29, 1.82) is 0 Å². The Morgan fingerprint density at radius 1 is 1.21 bits per heavy atom. The number of aromatic nitrogens is 4. The molecule has 3 aromatic rings. The summed E-state index contributed by atoms with van der Waals surface area (Å²) >= 11 is 0. The minimum Gasteiger partial charge on any atom is -0.355 e. The quantitative estimate of drug-likeness (QED) is 0.781. The molecule has 0 saturated heterocycles. The predicted octanol–water partition coefficient (Wildman–Crippen LogP) is 2.20. The van der Waals surface area contributed by atoms with Crippen molar-refractivity contribution in [2.45, 2.75) is 33.1 Å². The Labute approximate surface area is 141 Å². The number of carbonyl (C=O) groups excluding carboxylic acids is 1. The first kappa shape index (κ1) is 16.1. The van der Waals surface area contributed by atoms with E-state index in [1.807, 2.05) is 38.1 Å². The summed E-state index contributed by atoms with van der Waals surface area (Å²) in [6, 6.07) is 12.1. The van der Waals surface area contributed by atoms with E-state index >= 15 is 0 Å². The average molecular weight is 323 g/mol. The smallest absolute Gasteiger partial charge is 0.252 e. The maximum Gasteiger partial charge on any atom is 0.252 e. The van der Waals surface area contributed by atoms with Crippen LogP contribution < -0.4 is 5.32 Å². The molecular weight excluding hydrogens is 302 g/mol. The molecule has 1 amide bonds. The van der Waals surface area contributed by atoms with Gasteiger partial charge in [0.1, 0.15) is 0 Å². The molecule has 2 heterocycles. The Kier molecular flexibility index (Phi) is 4.55. The van der Waals surface area contributed by atoms with E-state index in [-0.39, 0.29) is 18.2 Å². The molecule has 24 heavy (non-hydrogen) atoms. The number of hydrogen-bond donors (Lipinski definition) is 1. The van der Waals surface area contributed by atoms with E-state index in [0.717, 1.165) is 11.4 Å². The van der Waals surface area contributed by atoms with E-state index < -0.39 is 0 Å². The first-order valence-corrected chi connectivity index (χ1v) is 8.04. The molecule has 0 fully saturated rings. The molecule has 2 aromatic heterocycles. The van der Waals surface area contributed by atoms with Crippen molar-refractivity contribution < 1.29 is 4.79 Å². The maximum atomic E-state index is 12.2. The molecule has 1 atom stereocenters. The van der Waals surface area contributed by atoms with Gasteiger partial charge in [-0.1, -0.05) is 37.3 Å². The van der Waals surface area contributed by atoms with Gasteiger partial charge >= 0.3 is 0 Å². The van der Waals surface area contributed by atoms with E-state index in [0.29, 0.717) is 18.1 Å². The number of amides is 1. The van der Waals surface area contributed by atoms with Gasteiger partial charge in [0.25, 0.3) is 5.78 Å². The van der Waals surface area contributed by atoms with E-state index in [4.69, 9.17) is 0 Å². The zero-order chi connectivity index (χ0) is 17.1. The number of benzene rings is 1. The summed E-state index contributed by atoms with van der Waals surface area (Å²) in [4.78, 5) is 20.8. The number of carbonyl (C=O) groups is 1. The van der Waals surface area contributed by atoms with Crippen LogP contribution in [0.5, 0.6) is 0 Å². The van der Waals surface area contributed by atoms with Crippen LogP contribution in [0.4, 0.5) is 0 Å². The summed E-state index contributed by atoms with van der Waals surface area (Å²) in [5, 5.41) is 7.31. The summed E-state index contributed by atoms with van der Waals surface area (Å²) in [5.74, 6) is 1.20. The molecule has 1 aromatic carbocycles. The van der Waals surface area contributed by atoms with Crippen molar-refractivity contribution in [3.8, 4) is 0 Å². The monoisotopic (exact) mass is 323 g/mol. The van der Waals surface area contributed by atoms with Crippen LogP contribution in [0.25, 0.3) is 5.78 Å². The summed E-state index contributed by atoms with van der Waals surface area (Å²) in [6.45, 7) is 6.54. The Morgan fingerprint density at radius 2 is 1.96 bits per heavy atom. The second kappa shape index (κ2) is 6.78. The molecule has 124 valence electrons. The van der Waals surface area contributed by atoms with E-state index in [2.05, 4.69) is 39.4 Å². The number of nitrogens with one attached hydrogen (secondary N) is 1. The van der Waals surface area contributed by atoms with Gasteiger partial charge < -0.3 is 5.32 Å². The van der Waals surface area contributed by atoms with Gasteiger partial charge in [0.2, 0.25) is 5.91 Å². The lowest BCUT2D eigenvalue weighted by Crippen LogP contribution is -2.29. The lowest BCUT2D eigenvalue weighted by molar-refractivity contribution is -0.120. The van der Waals surface area contributed by atoms with Gasteiger partial charge in [0, 0.05) is 17.9 Å². The summed E-state index contributed by atoms with van der Waals surface area (Å²) in [5.41, 5.74) is 3.05. The van der Waals surface area contributed by atoms with Crippen LogP contribution in [-0.4, -0.2) is 32.0 Å². The van der Waals surface area contributed by atoms with Crippen LogP contribution in [0.15, 0.2) is 36.4 Å². The van der Waals surface area contributed by atoms with Crippen molar-refractivity contribution in [3.05, 3.63) is 59.2 Å². The fourth-order valence-corrected chi connectivity index (χ4v) is 2.66. The highest BCUT2D eigenvalue weighted by atomic mass is 16.1. The Hall–Kier alpha value is -2.76. The largest absolute Gasteiger partial charge is 0.355 e. The highest BCUT2D eigenvalue weighted by Crippen LogP contribution is 2.13. The van der Waals surface area contributed by atoms with Crippen LogP contribution in [0.2, 0.25) is 0 Å². The summed E-state index contributed by atoms with van der Waals surface area (Å²) in [6.07, 6.45) is 0.156. The number of nitrogens with zero attached hydrogens (tertiary/aromatic N) is 4. The van der Waals surface area contributed by atoms with Gasteiger partial charge in [-0.15, -0.1) is 5.10 Å². The molecule has 0 aliphatic heterocycles. The molecule has 0 bridgehead atoms. The Morgan fingerprint density at radius 3 is 2.71 bits per heavy atom. The molecule has 1 N–H and O–H groups in total.